The van der Waals surface area contributed by atoms with E-state index in [1.54, 1.807) is 23.1 Å². The van der Waals surface area contributed by atoms with Gasteiger partial charge in [0.05, 0.1) is 6.54 Å². The number of nitrogens with zero attached hydrogens (tertiary/aromatic N) is 2. The smallest absolute Gasteiger partial charge is 0.244 e. The van der Waals surface area contributed by atoms with Gasteiger partial charge < -0.3 is 15.1 Å². The fourth-order valence-electron chi connectivity index (χ4n) is 3.00. The molecule has 1 N–H and O–H groups in total. The molecule has 0 bridgehead atoms. The molecule has 1 aliphatic heterocycles. The first-order valence-corrected chi connectivity index (χ1v) is 9.39. The van der Waals surface area contributed by atoms with E-state index in [4.69, 9.17) is 11.6 Å². The molecule has 28 heavy (non-hydrogen) atoms. The van der Waals surface area contributed by atoms with Gasteiger partial charge in [-0.1, -0.05) is 35.9 Å². The van der Waals surface area contributed by atoms with Gasteiger partial charge in [-0.25, -0.2) is 4.39 Å². The Kier molecular flexibility index (Phi) is 6.66. The molecule has 7 heteroatoms. The van der Waals surface area contributed by atoms with Crippen molar-refractivity contribution in [2.75, 3.05) is 37.6 Å². The third-order valence-electron chi connectivity index (χ3n) is 4.54. The molecule has 0 aromatic heterocycles. The van der Waals surface area contributed by atoms with Crippen LogP contribution in [0.2, 0.25) is 5.02 Å². The van der Waals surface area contributed by atoms with Crippen LogP contribution >= 0.6 is 11.6 Å². The third-order valence-corrected chi connectivity index (χ3v) is 4.77. The molecule has 1 saturated heterocycles. The van der Waals surface area contributed by atoms with Gasteiger partial charge in [-0.3, -0.25) is 9.59 Å². The van der Waals surface area contributed by atoms with Crippen molar-refractivity contribution < 1.29 is 14.0 Å². The fraction of sp³-hybridized carbons (Fsp3) is 0.238. The van der Waals surface area contributed by atoms with E-state index < -0.39 is 11.7 Å². The van der Waals surface area contributed by atoms with Crippen molar-refractivity contribution in [2.24, 2.45) is 0 Å². The van der Waals surface area contributed by atoms with Crippen LogP contribution in [0.4, 0.5) is 10.1 Å². The summed E-state index contributed by atoms with van der Waals surface area (Å²) in [6, 6.07) is 13.8. The molecule has 2 aromatic rings. The number of nitrogens with one attached hydrogen (secondary N) is 1. The fourth-order valence-corrected chi connectivity index (χ4v) is 3.18. The molecule has 5 nitrogen and oxygen atoms in total. The average Bonchev–Trinajstić information content (AvgIpc) is 2.71. The van der Waals surface area contributed by atoms with E-state index in [0.29, 0.717) is 36.8 Å². The lowest BCUT2D eigenvalue weighted by Gasteiger charge is -2.36. The van der Waals surface area contributed by atoms with Gasteiger partial charge in [-0.15, -0.1) is 0 Å². The minimum atomic E-state index is -0.436. The van der Waals surface area contributed by atoms with Crippen molar-refractivity contribution in [3.8, 4) is 0 Å². The summed E-state index contributed by atoms with van der Waals surface area (Å²) in [5.74, 6) is -0.979. The SMILES string of the molecule is O=C(/C=C/c1ccccc1F)NCC(=O)N1CCN(c2cccc(Cl)c2)CC1. The molecule has 0 spiro atoms. The Labute approximate surface area is 168 Å². The van der Waals surface area contributed by atoms with E-state index in [2.05, 4.69) is 10.2 Å². The van der Waals surface area contributed by atoms with Crippen LogP contribution in [0.3, 0.4) is 0 Å². The van der Waals surface area contributed by atoms with Crippen LogP contribution in [-0.2, 0) is 9.59 Å². The molecule has 3 rings (SSSR count). The first-order chi connectivity index (χ1) is 13.5. The summed E-state index contributed by atoms with van der Waals surface area (Å²) in [5, 5.41) is 3.23. The molecule has 2 aromatic carbocycles. The van der Waals surface area contributed by atoms with Gasteiger partial charge in [0.1, 0.15) is 5.82 Å². The molecular weight excluding hydrogens is 381 g/mol. The zero-order chi connectivity index (χ0) is 19.9. The minimum Gasteiger partial charge on any atom is -0.368 e. The van der Waals surface area contributed by atoms with E-state index in [0.717, 1.165) is 5.69 Å². The predicted molar refractivity (Wildman–Crippen MR) is 109 cm³/mol. The lowest BCUT2D eigenvalue weighted by atomic mass is 10.2. The normalized spacial score (nSPS) is 14.4. The Bertz CT molecular complexity index is 879. The molecule has 0 saturated carbocycles. The number of anilines is 1. The summed E-state index contributed by atoms with van der Waals surface area (Å²) >= 11 is 6.03. The Morgan fingerprint density at radius 2 is 1.82 bits per heavy atom. The molecule has 1 heterocycles. The lowest BCUT2D eigenvalue weighted by Crippen LogP contribution is -2.51. The third kappa shape index (κ3) is 5.33. The number of benzene rings is 2. The summed E-state index contributed by atoms with van der Waals surface area (Å²) in [6.07, 6.45) is 2.61. The van der Waals surface area contributed by atoms with Gasteiger partial charge in [0.15, 0.2) is 0 Å². The Morgan fingerprint density at radius 1 is 1.07 bits per heavy atom. The highest BCUT2D eigenvalue weighted by atomic mass is 35.5. The lowest BCUT2D eigenvalue weighted by molar-refractivity contribution is -0.132. The number of hydrogen-bond donors (Lipinski definition) is 1. The highest BCUT2D eigenvalue weighted by molar-refractivity contribution is 6.30. The maximum atomic E-state index is 13.5. The second-order valence-corrected chi connectivity index (χ2v) is 6.86. The first kappa shape index (κ1) is 19.9. The van der Waals surface area contributed by atoms with E-state index in [1.165, 1.54) is 18.2 Å². The first-order valence-electron chi connectivity index (χ1n) is 9.01. The molecule has 2 amide bonds. The summed E-state index contributed by atoms with van der Waals surface area (Å²) in [6.45, 7) is 2.47. The molecule has 0 unspecified atom stereocenters. The summed E-state index contributed by atoms with van der Waals surface area (Å²) < 4.78 is 13.5. The zero-order valence-corrected chi connectivity index (χ0v) is 16.0. The van der Waals surface area contributed by atoms with Crippen molar-refractivity contribution in [1.29, 1.82) is 0 Å². The van der Waals surface area contributed by atoms with Gasteiger partial charge in [0, 0.05) is 48.5 Å². The summed E-state index contributed by atoms with van der Waals surface area (Å²) in [4.78, 5) is 28.1. The summed E-state index contributed by atoms with van der Waals surface area (Å²) in [5.41, 5.74) is 1.35. The van der Waals surface area contributed by atoms with E-state index in [9.17, 15) is 14.0 Å². The molecule has 1 fully saturated rings. The molecule has 0 radical (unpaired) electrons. The second kappa shape index (κ2) is 9.37. The van der Waals surface area contributed by atoms with Crippen LogP contribution in [0, 0.1) is 5.82 Å². The molecule has 0 aliphatic carbocycles. The maximum absolute atomic E-state index is 13.5. The Hall–Kier alpha value is -2.86. The number of halogens is 2. The number of hydrogen-bond acceptors (Lipinski definition) is 3. The molecule has 0 atom stereocenters. The van der Waals surface area contributed by atoms with Gasteiger partial charge in [0.2, 0.25) is 11.8 Å². The van der Waals surface area contributed by atoms with Crippen LogP contribution in [0.15, 0.2) is 54.6 Å². The number of carbonyl (C=O) groups excluding carboxylic acids is 2. The van der Waals surface area contributed by atoms with Gasteiger partial charge >= 0.3 is 0 Å². The van der Waals surface area contributed by atoms with Crippen molar-refractivity contribution in [3.63, 3.8) is 0 Å². The van der Waals surface area contributed by atoms with Gasteiger partial charge in [0.25, 0.3) is 0 Å². The van der Waals surface area contributed by atoms with Crippen LogP contribution in [0.5, 0.6) is 0 Å². The largest absolute Gasteiger partial charge is 0.368 e. The van der Waals surface area contributed by atoms with E-state index in [1.807, 2.05) is 24.3 Å². The van der Waals surface area contributed by atoms with Crippen LogP contribution in [-0.4, -0.2) is 49.4 Å². The Morgan fingerprint density at radius 3 is 2.54 bits per heavy atom. The molecular formula is C21H21ClFN3O2. The predicted octanol–water partition coefficient (Wildman–Crippen LogP) is 2.96. The number of piperazine rings is 1. The van der Waals surface area contributed by atoms with Gasteiger partial charge in [-0.2, -0.15) is 0 Å². The molecule has 1 aliphatic rings. The van der Waals surface area contributed by atoms with E-state index in [-0.39, 0.29) is 12.5 Å². The van der Waals surface area contributed by atoms with Crippen LogP contribution in [0.1, 0.15) is 5.56 Å². The highest BCUT2D eigenvalue weighted by Gasteiger charge is 2.21. The minimum absolute atomic E-state index is 0.0857. The molecule has 146 valence electrons. The standard InChI is InChI=1S/C21H21ClFN3O2/c22-17-5-3-6-18(14-17)25-10-12-26(13-11-25)21(28)15-24-20(27)9-8-16-4-1-2-7-19(16)23/h1-9,14H,10-13,15H2,(H,24,27)/b9-8+. The highest BCUT2D eigenvalue weighted by Crippen LogP contribution is 2.20. The number of carbonyl (C=O) groups is 2. The second-order valence-electron chi connectivity index (χ2n) is 6.42. The topological polar surface area (TPSA) is 52.7 Å². The Balaban J connectivity index is 1.44. The van der Waals surface area contributed by atoms with Crippen LogP contribution in [0.25, 0.3) is 6.08 Å². The van der Waals surface area contributed by atoms with Crippen molar-refractivity contribution in [3.05, 3.63) is 71.0 Å². The van der Waals surface area contributed by atoms with Crippen LogP contribution < -0.4 is 10.2 Å². The maximum Gasteiger partial charge on any atom is 0.244 e. The number of rotatable bonds is 5. The van der Waals surface area contributed by atoms with Gasteiger partial charge in [-0.05, 0) is 30.3 Å². The summed E-state index contributed by atoms with van der Waals surface area (Å²) in [7, 11) is 0. The van der Waals surface area contributed by atoms with Crippen molar-refractivity contribution >= 4 is 35.2 Å². The average molecular weight is 402 g/mol. The zero-order valence-electron chi connectivity index (χ0n) is 15.3. The monoisotopic (exact) mass is 401 g/mol. The van der Waals surface area contributed by atoms with E-state index >= 15 is 0 Å². The van der Waals surface area contributed by atoms with Crippen molar-refractivity contribution in [2.45, 2.75) is 0 Å². The quantitative estimate of drug-likeness (QED) is 0.784. The van der Waals surface area contributed by atoms with Crippen molar-refractivity contribution in [1.82, 2.24) is 10.2 Å². The number of amides is 2.